The third-order valence-electron chi connectivity index (χ3n) is 5.17. The summed E-state index contributed by atoms with van der Waals surface area (Å²) in [6, 6.07) is 14.8. The van der Waals surface area contributed by atoms with Gasteiger partial charge in [0.15, 0.2) is 0 Å². The van der Waals surface area contributed by atoms with Gasteiger partial charge in [0.25, 0.3) is 11.8 Å². The number of benzene rings is 2. The lowest BCUT2D eigenvalue weighted by molar-refractivity contribution is 0.0952. The van der Waals surface area contributed by atoms with Crippen molar-refractivity contribution in [3.8, 4) is 11.1 Å². The molecule has 7 heteroatoms. The molecule has 0 saturated heterocycles. The minimum atomic E-state index is -0.228. The normalized spacial score (nSPS) is 10.7. The van der Waals surface area contributed by atoms with E-state index in [1.54, 1.807) is 18.6 Å². The van der Waals surface area contributed by atoms with Gasteiger partial charge < -0.3 is 19.6 Å². The molecule has 0 atom stereocenters. The number of hydrogen-bond donors (Lipinski definition) is 2. The number of carbonyl (C=O) groups excluding carboxylic acids is 2. The number of imidazole rings is 1. The zero-order valence-corrected chi connectivity index (χ0v) is 17.7. The Morgan fingerprint density at radius 1 is 1.03 bits per heavy atom. The van der Waals surface area contributed by atoms with E-state index in [0.717, 1.165) is 29.7 Å². The Balaban J connectivity index is 1.38. The van der Waals surface area contributed by atoms with E-state index in [1.165, 1.54) is 12.5 Å². The fourth-order valence-electron chi connectivity index (χ4n) is 3.39. The molecule has 32 heavy (non-hydrogen) atoms. The molecule has 0 aliphatic rings. The number of amides is 2. The molecule has 0 saturated carbocycles. The van der Waals surface area contributed by atoms with Crippen molar-refractivity contribution >= 4 is 17.5 Å². The highest BCUT2D eigenvalue weighted by Crippen LogP contribution is 2.27. The van der Waals surface area contributed by atoms with Crippen LogP contribution in [0.3, 0.4) is 0 Å². The Labute approximate surface area is 186 Å². The van der Waals surface area contributed by atoms with Gasteiger partial charge in [-0.1, -0.05) is 18.2 Å². The summed E-state index contributed by atoms with van der Waals surface area (Å²) in [5.74, 6) is -0.325. The highest BCUT2D eigenvalue weighted by Gasteiger charge is 2.10. The maximum Gasteiger partial charge on any atom is 0.258 e. The van der Waals surface area contributed by atoms with Crippen LogP contribution in [0.1, 0.15) is 32.7 Å². The Morgan fingerprint density at radius 3 is 2.59 bits per heavy atom. The zero-order chi connectivity index (χ0) is 22.3. The van der Waals surface area contributed by atoms with Crippen molar-refractivity contribution in [2.75, 3.05) is 11.9 Å². The van der Waals surface area contributed by atoms with Crippen LogP contribution >= 0.6 is 0 Å². The molecular formula is C25H24N4O3. The van der Waals surface area contributed by atoms with Crippen molar-refractivity contribution in [3.63, 3.8) is 0 Å². The maximum absolute atomic E-state index is 12.4. The van der Waals surface area contributed by atoms with E-state index < -0.39 is 0 Å². The number of rotatable bonds is 8. The van der Waals surface area contributed by atoms with Crippen molar-refractivity contribution in [1.82, 2.24) is 14.9 Å². The molecule has 0 bridgehead atoms. The van der Waals surface area contributed by atoms with Gasteiger partial charge in [-0.2, -0.15) is 0 Å². The van der Waals surface area contributed by atoms with Crippen molar-refractivity contribution in [3.05, 3.63) is 96.5 Å². The standard InChI is InChI=1S/C25H24N4O3/c1-18-3-8-22(28-25(31)21-9-14-32-16-21)15-23(18)19-4-6-20(7-5-19)24(30)27-10-2-12-29-13-11-26-17-29/h3-9,11,13-17H,2,10,12H2,1H3,(H,27,30)(H,28,31). The predicted octanol–water partition coefficient (Wildman–Crippen LogP) is 4.52. The van der Waals surface area contributed by atoms with Gasteiger partial charge in [-0.15, -0.1) is 0 Å². The minimum absolute atomic E-state index is 0.0972. The number of nitrogens with zero attached hydrogens (tertiary/aromatic N) is 2. The van der Waals surface area contributed by atoms with Gasteiger partial charge in [0, 0.05) is 36.7 Å². The number of furan rings is 1. The molecule has 7 nitrogen and oxygen atoms in total. The van der Waals surface area contributed by atoms with Crippen LogP contribution in [0.2, 0.25) is 0 Å². The molecule has 2 N–H and O–H groups in total. The smallest absolute Gasteiger partial charge is 0.258 e. The molecule has 0 radical (unpaired) electrons. The first-order valence-electron chi connectivity index (χ1n) is 10.4. The average Bonchev–Trinajstić information content (AvgIpc) is 3.52. The summed E-state index contributed by atoms with van der Waals surface area (Å²) < 4.78 is 6.95. The summed E-state index contributed by atoms with van der Waals surface area (Å²) in [6.45, 7) is 3.42. The molecular weight excluding hydrogens is 404 g/mol. The van der Waals surface area contributed by atoms with Gasteiger partial charge in [0.05, 0.1) is 18.2 Å². The third kappa shape index (κ3) is 5.13. The highest BCUT2D eigenvalue weighted by molar-refractivity contribution is 6.04. The molecule has 2 aromatic carbocycles. The molecule has 4 rings (SSSR count). The Hall–Kier alpha value is -4.13. The van der Waals surface area contributed by atoms with Crippen LogP contribution in [0.25, 0.3) is 11.1 Å². The summed E-state index contributed by atoms with van der Waals surface area (Å²) in [4.78, 5) is 28.7. The van der Waals surface area contributed by atoms with Gasteiger partial charge >= 0.3 is 0 Å². The van der Waals surface area contributed by atoms with Gasteiger partial charge in [-0.05, 0) is 60.4 Å². The fourth-order valence-corrected chi connectivity index (χ4v) is 3.39. The van der Waals surface area contributed by atoms with E-state index in [4.69, 9.17) is 4.42 Å². The quantitative estimate of drug-likeness (QED) is 0.404. The number of anilines is 1. The molecule has 2 amide bonds. The van der Waals surface area contributed by atoms with Crippen molar-refractivity contribution < 1.29 is 14.0 Å². The lowest BCUT2D eigenvalue weighted by atomic mass is 9.98. The lowest BCUT2D eigenvalue weighted by Crippen LogP contribution is -2.25. The van der Waals surface area contributed by atoms with Gasteiger partial charge in [0.1, 0.15) is 6.26 Å². The second kappa shape index (κ2) is 9.78. The predicted molar refractivity (Wildman–Crippen MR) is 122 cm³/mol. The molecule has 0 spiro atoms. The van der Waals surface area contributed by atoms with E-state index in [9.17, 15) is 9.59 Å². The SMILES string of the molecule is Cc1ccc(NC(=O)c2ccoc2)cc1-c1ccc(C(=O)NCCCn2ccnc2)cc1. The van der Waals surface area contributed by atoms with Crippen LogP contribution in [-0.4, -0.2) is 27.9 Å². The summed E-state index contributed by atoms with van der Waals surface area (Å²) >= 11 is 0. The number of hydrogen-bond acceptors (Lipinski definition) is 4. The summed E-state index contributed by atoms with van der Waals surface area (Å²) in [5, 5.41) is 5.83. The van der Waals surface area contributed by atoms with E-state index in [0.29, 0.717) is 23.4 Å². The Morgan fingerprint density at radius 2 is 1.88 bits per heavy atom. The molecule has 0 fully saturated rings. The van der Waals surface area contributed by atoms with Gasteiger partial charge in [0.2, 0.25) is 0 Å². The first-order chi connectivity index (χ1) is 15.6. The summed E-state index contributed by atoms with van der Waals surface area (Å²) in [5.41, 5.74) is 4.80. The number of nitrogens with one attached hydrogen (secondary N) is 2. The van der Waals surface area contributed by atoms with Crippen LogP contribution in [-0.2, 0) is 6.54 Å². The van der Waals surface area contributed by atoms with Crippen LogP contribution in [0, 0.1) is 6.92 Å². The Bertz CT molecular complexity index is 1180. The van der Waals surface area contributed by atoms with Crippen LogP contribution in [0.4, 0.5) is 5.69 Å². The molecule has 0 unspecified atom stereocenters. The Kier molecular flexibility index (Phi) is 6.46. The largest absolute Gasteiger partial charge is 0.472 e. The van der Waals surface area contributed by atoms with Gasteiger partial charge in [-0.3, -0.25) is 9.59 Å². The van der Waals surface area contributed by atoms with E-state index in [1.807, 2.05) is 60.2 Å². The molecule has 2 aromatic heterocycles. The first kappa shape index (κ1) is 21.1. The molecule has 162 valence electrons. The zero-order valence-electron chi connectivity index (χ0n) is 17.7. The fraction of sp³-hybridized carbons (Fsp3) is 0.160. The first-order valence-corrected chi connectivity index (χ1v) is 10.4. The molecule has 0 aliphatic heterocycles. The van der Waals surface area contributed by atoms with E-state index in [-0.39, 0.29) is 11.8 Å². The average molecular weight is 428 g/mol. The molecule has 4 aromatic rings. The van der Waals surface area contributed by atoms with Crippen molar-refractivity contribution in [2.45, 2.75) is 19.9 Å². The summed E-state index contributed by atoms with van der Waals surface area (Å²) in [7, 11) is 0. The van der Waals surface area contributed by atoms with Gasteiger partial charge in [-0.25, -0.2) is 4.98 Å². The van der Waals surface area contributed by atoms with Crippen LogP contribution in [0.5, 0.6) is 0 Å². The second-order valence-electron chi connectivity index (χ2n) is 7.48. The lowest BCUT2D eigenvalue weighted by Gasteiger charge is -2.11. The molecule has 2 heterocycles. The monoisotopic (exact) mass is 428 g/mol. The van der Waals surface area contributed by atoms with Crippen LogP contribution in [0.15, 0.2) is 84.2 Å². The number of aromatic nitrogens is 2. The van der Waals surface area contributed by atoms with Crippen molar-refractivity contribution in [2.24, 2.45) is 0 Å². The van der Waals surface area contributed by atoms with Crippen molar-refractivity contribution in [1.29, 1.82) is 0 Å². The highest BCUT2D eigenvalue weighted by atomic mass is 16.3. The minimum Gasteiger partial charge on any atom is -0.472 e. The topological polar surface area (TPSA) is 89.2 Å². The number of aryl methyl sites for hydroxylation is 2. The van der Waals surface area contributed by atoms with E-state index >= 15 is 0 Å². The second-order valence-corrected chi connectivity index (χ2v) is 7.48. The third-order valence-corrected chi connectivity index (χ3v) is 5.17. The van der Waals surface area contributed by atoms with Crippen LogP contribution < -0.4 is 10.6 Å². The number of carbonyl (C=O) groups is 2. The maximum atomic E-state index is 12.4. The molecule has 0 aliphatic carbocycles. The summed E-state index contributed by atoms with van der Waals surface area (Å²) in [6.07, 6.45) is 9.11. The van der Waals surface area contributed by atoms with E-state index in [2.05, 4.69) is 15.6 Å².